The van der Waals surface area contributed by atoms with Crippen LogP contribution in [0.2, 0.25) is 0 Å². The maximum absolute atomic E-state index is 12.9. The highest BCUT2D eigenvalue weighted by atomic mass is 16.6. The lowest BCUT2D eigenvalue weighted by Crippen LogP contribution is -2.11. The molecule has 0 N–H and O–H groups in total. The van der Waals surface area contributed by atoms with Crippen molar-refractivity contribution in [3.05, 3.63) is 69.9 Å². The molecule has 0 saturated carbocycles. The number of fused-ring (bicyclic) bond motifs is 1. The van der Waals surface area contributed by atoms with Crippen LogP contribution in [-0.4, -0.2) is 35.6 Å². The summed E-state index contributed by atoms with van der Waals surface area (Å²) in [7, 11) is 2.56. The minimum absolute atomic E-state index is 0.0548. The fourth-order valence-electron chi connectivity index (χ4n) is 2.73. The van der Waals surface area contributed by atoms with Crippen LogP contribution in [0.15, 0.2) is 48.7 Å². The number of nitro groups is 1. The Morgan fingerprint density at radius 2 is 1.85 bits per heavy atom. The molecule has 1 heterocycles. The normalized spacial score (nSPS) is 10.5. The van der Waals surface area contributed by atoms with Gasteiger partial charge in [-0.1, -0.05) is 18.2 Å². The van der Waals surface area contributed by atoms with Gasteiger partial charge in [0.15, 0.2) is 5.75 Å². The van der Waals surface area contributed by atoms with E-state index in [2.05, 4.69) is 0 Å². The lowest BCUT2D eigenvalue weighted by Gasteiger charge is -2.06. The second-order valence-electron chi connectivity index (χ2n) is 5.37. The first-order chi connectivity index (χ1) is 12.5. The summed E-state index contributed by atoms with van der Waals surface area (Å²) in [6.45, 7) is 0. The van der Waals surface area contributed by atoms with Crippen molar-refractivity contribution in [1.82, 2.24) is 4.57 Å². The highest BCUT2D eigenvalue weighted by Gasteiger charge is 2.22. The summed E-state index contributed by atoms with van der Waals surface area (Å²) >= 11 is 0. The van der Waals surface area contributed by atoms with Gasteiger partial charge in [0.1, 0.15) is 0 Å². The summed E-state index contributed by atoms with van der Waals surface area (Å²) in [4.78, 5) is 35.4. The number of aromatic nitrogens is 1. The Bertz CT molecular complexity index is 1040. The highest BCUT2D eigenvalue weighted by molar-refractivity contribution is 6.10. The molecule has 3 rings (SSSR count). The summed E-state index contributed by atoms with van der Waals surface area (Å²) in [5.41, 5.74) is 0.508. The third-order valence-electron chi connectivity index (χ3n) is 3.96. The molecule has 8 heteroatoms. The van der Waals surface area contributed by atoms with Gasteiger partial charge in [-0.2, -0.15) is 0 Å². The lowest BCUT2D eigenvalue weighted by molar-refractivity contribution is -0.385. The molecule has 0 atom stereocenters. The van der Waals surface area contributed by atoms with Gasteiger partial charge in [-0.25, -0.2) is 4.79 Å². The topological polar surface area (TPSA) is 101 Å². The van der Waals surface area contributed by atoms with Crippen LogP contribution in [-0.2, 0) is 4.74 Å². The average Bonchev–Trinajstić information content (AvgIpc) is 3.06. The fraction of sp³-hybridized carbons (Fsp3) is 0.111. The third-order valence-corrected chi connectivity index (χ3v) is 3.96. The molecule has 0 radical (unpaired) electrons. The number of carbonyl (C=O) groups is 2. The predicted octanol–water partition coefficient (Wildman–Crippen LogP) is 3.03. The number of nitrogens with zero attached hydrogens (tertiary/aromatic N) is 2. The summed E-state index contributed by atoms with van der Waals surface area (Å²) in [5, 5.41) is 11.7. The van der Waals surface area contributed by atoms with Crippen molar-refractivity contribution >= 4 is 28.5 Å². The Morgan fingerprint density at radius 1 is 1.12 bits per heavy atom. The molecule has 132 valence electrons. The third kappa shape index (κ3) is 2.77. The number of nitro benzene ring substituents is 1. The molecule has 3 aromatic rings. The zero-order chi connectivity index (χ0) is 18.8. The zero-order valence-electron chi connectivity index (χ0n) is 14.0. The number of rotatable bonds is 4. The second-order valence-corrected chi connectivity index (χ2v) is 5.37. The van der Waals surface area contributed by atoms with Crippen LogP contribution in [0, 0.1) is 10.1 Å². The first kappa shape index (κ1) is 17.2. The zero-order valence-corrected chi connectivity index (χ0v) is 14.0. The number of hydrogen-bond donors (Lipinski definition) is 0. The maximum atomic E-state index is 12.9. The molecule has 8 nitrogen and oxygen atoms in total. The molecule has 0 unspecified atom stereocenters. The molecular weight excluding hydrogens is 340 g/mol. The van der Waals surface area contributed by atoms with E-state index < -0.39 is 16.8 Å². The molecule has 0 aliphatic heterocycles. The molecule has 0 saturated heterocycles. The van der Waals surface area contributed by atoms with E-state index in [1.807, 2.05) is 0 Å². The molecule has 0 spiro atoms. The van der Waals surface area contributed by atoms with E-state index in [9.17, 15) is 19.7 Å². The van der Waals surface area contributed by atoms with Crippen molar-refractivity contribution in [2.24, 2.45) is 0 Å². The Balaban J connectivity index is 2.16. The average molecular weight is 354 g/mol. The Morgan fingerprint density at radius 3 is 2.50 bits per heavy atom. The van der Waals surface area contributed by atoms with Gasteiger partial charge in [0.25, 0.3) is 5.91 Å². The molecule has 2 aromatic carbocycles. The Hall–Kier alpha value is -3.68. The number of benzene rings is 2. The van der Waals surface area contributed by atoms with E-state index in [-0.39, 0.29) is 22.6 Å². The van der Waals surface area contributed by atoms with Crippen molar-refractivity contribution in [2.45, 2.75) is 0 Å². The van der Waals surface area contributed by atoms with Gasteiger partial charge in [-0.15, -0.1) is 0 Å². The Kier molecular flexibility index (Phi) is 4.40. The van der Waals surface area contributed by atoms with Crippen LogP contribution in [0.4, 0.5) is 5.69 Å². The molecule has 0 aliphatic carbocycles. The summed E-state index contributed by atoms with van der Waals surface area (Å²) in [6, 6.07) is 10.8. The first-order valence-electron chi connectivity index (χ1n) is 7.53. The minimum Gasteiger partial charge on any atom is -0.490 e. The molecule has 0 bridgehead atoms. The molecule has 26 heavy (non-hydrogen) atoms. The van der Waals surface area contributed by atoms with Crippen molar-refractivity contribution in [3.63, 3.8) is 0 Å². The summed E-state index contributed by atoms with van der Waals surface area (Å²) < 4.78 is 11.0. The first-order valence-corrected chi connectivity index (χ1v) is 7.53. The molecule has 1 aromatic heterocycles. The summed E-state index contributed by atoms with van der Waals surface area (Å²) in [5.74, 6) is -1.03. The predicted molar refractivity (Wildman–Crippen MR) is 92.7 cm³/mol. The van der Waals surface area contributed by atoms with Gasteiger partial charge in [-0.05, 0) is 18.2 Å². The SMILES string of the molecule is COC(=O)c1cn(C(=O)c2ccc(OC)c([N+](=O)[O-])c2)c2ccccc12. The number of hydrogen-bond acceptors (Lipinski definition) is 6. The smallest absolute Gasteiger partial charge is 0.340 e. The monoisotopic (exact) mass is 354 g/mol. The van der Waals surface area contributed by atoms with Crippen LogP contribution in [0.1, 0.15) is 20.7 Å². The van der Waals surface area contributed by atoms with Gasteiger partial charge in [0.2, 0.25) is 0 Å². The number of methoxy groups -OCH3 is 2. The second kappa shape index (κ2) is 6.67. The number of esters is 1. The van der Waals surface area contributed by atoms with Crippen molar-refractivity contribution in [1.29, 1.82) is 0 Å². The van der Waals surface area contributed by atoms with E-state index in [4.69, 9.17) is 9.47 Å². The van der Waals surface area contributed by atoms with Crippen molar-refractivity contribution < 1.29 is 24.0 Å². The van der Waals surface area contributed by atoms with Gasteiger partial charge >= 0.3 is 11.7 Å². The molecule has 0 aliphatic rings. The standard InChI is InChI=1S/C18H14N2O6/c1-25-16-8-7-11(9-15(16)20(23)24)17(21)19-10-13(18(22)26-2)12-5-3-4-6-14(12)19/h3-10H,1-2H3. The van der Waals surface area contributed by atoms with Crippen LogP contribution in [0.3, 0.4) is 0 Å². The lowest BCUT2D eigenvalue weighted by atomic mass is 10.1. The fourth-order valence-corrected chi connectivity index (χ4v) is 2.73. The summed E-state index contributed by atoms with van der Waals surface area (Å²) in [6.07, 6.45) is 1.37. The molecule has 0 fully saturated rings. The van der Waals surface area contributed by atoms with Gasteiger partial charge in [-0.3, -0.25) is 19.5 Å². The van der Waals surface area contributed by atoms with E-state index in [1.54, 1.807) is 24.3 Å². The van der Waals surface area contributed by atoms with Gasteiger partial charge < -0.3 is 9.47 Å². The number of ether oxygens (including phenoxy) is 2. The van der Waals surface area contributed by atoms with E-state index >= 15 is 0 Å². The number of para-hydroxylation sites is 1. The van der Waals surface area contributed by atoms with Crippen LogP contribution >= 0.6 is 0 Å². The maximum Gasteiger partial charge on any atom is 0.340 e. The van der Waals surface area contributed by atoms with Crippen LogP contribution < -0.4 is 4.74 Å². The van der Waals surface area contributed by atoms with Crippen molar-refractivity contribution in [3.8, 4) is 5.75 Å². The van der Waals surface area contributed by atoms with Crippen LogP contribution in [0.25, 0.3) is 10.9 Å². The van der Waals surface area contributed by atoms with Gasteiger partial charge in [0, 0.05) is 23.2 Å². The Labute approximate surface area is 147 Å². The molecular formula is C18H14N2O6. The van der Waals surface area contributed by atoms with E-state index in [0.717, 1.165) is 6.07 Å². The minimum atomic E-state index is -0.622. The number of carbonyl (C=O) groups excluding carboxylic acids is 2. The van der Waals surface area contributed by atoms with E-state index in [1.165, 1.54) is 37.1 Å². The molecule has 0 amide bonds. The highest BCUT2D eigenvalue weighted by Crippen LogP contribution is 2.29. The van der Waals surface area contributed by atoms with Crippen molar-refractivity contribution in [2.75, 3.05) is 14.2 Å². The van der Waals surface area contributed by atoms with Crippen LogP contribution in [0.5, 0.6) is 5.75 Å². The largest absolute Gasteiger partial charge is 0.490 e. The van der Waals surface area contributed by atoms with E-state index in [0.29, 0.717) is 10.9 Å². The van der Waals surface area contributed by atoms with Gasteiger partial charge in [0.05, 0.1) is 30.2 Å². The quantitative estimate of drug-likeness (QED) is 0.405.